The third-order valence-corrected chi connectivity index (χ3v) is 7.13. The van der Waals surface area contributed by atoms with Crippen LogP contribution in [0.3, 0.4) is 0 Å². The molecular formula is C31H19N3. The molecule has 8 rings (SSSR count). The maximum atomic E-state index is 4.84. The molecule has 0 aliphatic heterocycles. The Morgan fingerprint density at radius 3 is 1.53 bits per heavy atom. The van der Waals surface area contributed by atoms with Crippen molar-refractivity contribution < 1.29 is 0 Å². The summed E-state index contributed by atoms with van der Waals surface area (Å²) in [5.74, 6) is 0.874. The minimum absolute atomic E-state index is 0.874. The Balaban J connectivity index is 1.58. The minimum Gasteiger partial charge on any atom is -0.323 e. The van der Waals surface area contributed by atoms with E-state index < -0.39 is 0 Å². The number of rotatable bonds is 0. The summed E-state index contributed by atoms with van der Waals surface area (Å²) < 4.78 is 2.24. The van der Waals surface area contributed by atoms with Gasteiger partial charge in [-0.2, -0.15) is 0 Å². The predicted molar refractivity (Wildman–Crippen MR) is 140 cm³/mol. The van der Waals surface area contributed by atoms with E-state index in [1.807, 2.05) is 6.07 Å². The third kappa shape index (κ3) is 2.28. The number of aromatic nitrogens is 3. The number of aromatic amines is 1. The van der Waals surface area contributed by atoms with Gasteiger partial charge in [-0.15, -0.1) is 0 Å². The summed E-state index contributed by atoms with van der Waals surface area (Å²) >= 11 is 0. The first-order chi connectivity index (χ1) is 16.9. The van der Waals surface area contributed by atoms with Gasteiger partial charge in [-0.3, -0.25) is 4.40 Å². The zero-order valence-electron chi connectivity index (χ0n) is 18.3. The van der Waals surface area contributed by atoms with Crippen LogP contribution in [0.25, 0.3) is 72.4 Å². The van der Waals surface area contributed by atoms with Crippen LogP contribution in [0.2, 0.25) is 0 Å². The lowest BCUT2D eigenvalue weighted by atomic mass is 9.81. The van der Waals surface area contributed by atoms with Crippen molar-refractivity contribution in [3.05, 3.63) is 109 Å². The van der Waals surface area contributed by atoms with Crippen LogP contribution < -0.4 is 0 Å². The van der Waals surface area contributed by atoms with Crippen LogP contribution in [0.15, 0.2) is 109 Å². The van der Waals surface area contributed by atoms with Gasteiger partial charge in [0.15, 0.2) is 0 Å². The van der Waals surface area contributed by atoms with Gasteiger partial charge < -0.3 is 4.98 Å². The lowest BCUT2D eigenvalue weighted by molar-refractivity contribution is 1.28. The summed E-state index contributed by atoms with van der Waals surface area (Å²) in [5, 5.41) is 0. The molecule has 1 N–H and O–H groups in total. The molecule has 1 aliphatic carbocycles. The lowest BCUT2D eigenvalue weighted by Crippen LogP contribution is -1.97. The van der Waals surface area contributed by atoms with Gasteiger partial charge in [-0.25, -0.2) is 4.98 Å². The summed E-state index contributed by atoms with van der Waals surface area (Å²) in [4.78, 5) is 8.42. The molecule has 2 aromatic heterocycles. The molecule has 0 bridgehead atoms. The van der Waals surface area contributed by atoms with E-state index in [-0.39, 0.29) is 0 Å². The average Bonchev–Trinajstić information content (AvgIpc) is 3.43. The van der Waals surface area contributed by atoms with E-state index in [1.165, 1.54) is 44.5 Å². The molecule has 7 aromatic rings. The molecule has 0 unspecified atom stereocenters. The van der Waals surface area contributed by atoms with E-state index in [0.717, 1.165) is 27.8 Å². The highest BCUT2D eigenvalue weighted by molar-refractivity contribution is 6.06. The number of imidazole rings is 2. The van der Waals surface area contributed by atoms with Crippen molar-refractivity contribution in [1.29, 1.82) is 0 Å². The zero-order valence-corrected chi connectivity index (χ0v) is 18.3. The Labute approximate surface area is 196 Å². The van der Waals surface area contributed by atoms with E-state index in [1.54, 1.807) is 0 Å². The fourth-order valence-corrected chi connectivity index (χ4v) is 5.65. The number of hydrogen-bond acceptors (Lipinski definition) is 1. The number of nitrogens with one attached hydrogen (secondary N) is 1. The van der Waals surface area contributed by atoms with E-state index in [0.29, 0.717) is 0 Å². The van der Waals surface area contributed by atoms with E-state index in [9.17, 15) is 0 Å². The first-order valence-corrected chi connectivity index (χ1v) is 11.6. The molecule has 0 fully saturated rings. The highest BCUT2D eigenvalue weighted by Crippen LogP contribution is 2.48. The summed E-state index contributed by atoms with van der Waals surface area (Å²) in [7, 11) is 0. The van der Waals surface area contributed by atoms with Gasteiger partial charge in [0.1, 0.15) is 0 Å². The molecule has 1 aliphatic rings. The van der Waals surface area contributed by atoms with Crippen LogP contribution in [-0.4, -0.2) is 14.4 Å². The smallest absolute Gasteiger partial charge is 0.213 e. The average molecular weight is 434 g/mol. The number of hydrogen-bond donors (Lipinski definition) is 1. The lowest BCUT2D eigenvalue weighted by Gasteiger charge is -2.23. The molecule has 3 nitrogen and oxygen atoms in total. The summed E-state index contributed by atoms with van der Waals surface area (Å²) in [6.45, 7) is 0. The fourth-order valence-electron chi connectivity index (χ4n) is 5.65. The van der Waals surface area contributed by atoms with Crippen LogP contribution in [0.1, 0.15) is 0 Å². The van der Waals surface area contributed by atoms with Crippen molar-refractivity contribution in [2.24, 2.45) is 0 Å². The third-order valence-electron chi connectivity index (χ3n) is 7.13. The number of benzene rings is 5. The van der Waals surface area contributed by atoms with Crippen LogP contribution in [0.4, 0.5) is 0 Å². The number of fused-ring (bicyclic) bond motifs is 13. The highest BCUT2D eigenvalue weighted by Gasteiger charge is 2.23. The molecule has 0 saturated carbocycles. The Morgan fingerprint density at radius 1 is 0.471 bits per heavy atom. The Kier molecular flexibility index (Phi) is 3.39. The molecule has 0 spiro atoms. The Morgan fingerprint density at radius 2 is 0.941 bits per heavy atom. The van der Waals surface area contributed by atoms with E-state index >= 15 is 0 Å². The largest absolute Gasteiger partial charge is 0.323 e. The van der Waals surface area contributed by atoms with Crippen LogP contribution in [0, 0.1) is 0 Å². The fraction of sp³-hybridized carbons (Fsp3) is 0. The summed E-state index contributed by atoms with van der Waals surface area (Å²) in [6, 6.07) is 39.2. The van der Waals surface area contributed by atoms with Gasteiger partial charge in [-0.1, -0.05) is 84.9 Å². The van der Waals surface area contributed by atoms with Gasteiger partial charge in [0.2, 0.25) is 5.78 Å². The zero-order chi connectivity index (χ0) is 22.2. The second kappa shape index (κ2) is 6.46. The molecule has 0 radical (unpaired) electrons. The predicted octanol–water partition coefficient (Wildman–Crippen LogP) is 7.95. The van der Waals surface area contributed by atoms with Gasteiger partial charge >= 0.3 is 0 Å². The first-order valence-electron chi connectivity index (χ1n) is 11.6. The molecule has 0 saturated heterocycles. The molecule has 158 valence electrons. The van der Waals surface area contributed by atoms with E-state index in [4.69, 9.17) is 4.98 Å². The normalized spacial score (nSPS) is 12.1. The minimum atomic E-state index is 0.874. The van der Waals surface area contributed by atoms with Crippen molar-refractivity contribution in [1.82, 2.24) is 14.4 Å². The standard InChI is InChI=1S/C31H19N3/c1-2-10-20-19(9-1)21-11-3-5-13-23(21)25-17-28-30(18-26(25)24-14-6-4-12-22(20)24)34-29-16-8-7-15-27(29)32-31(34)33-28/h1-18H,(H,32,33). The maximum absolute atomic E-state index is 4.84. The number of para-hydroxylation sites is 2. The molecule has 34 heavy (non-hydrogen) atoms. The summed E-state index contributed by atoms with van der Waals surface area (Å²) in [6.07, 6.45) is 0. The van der Waals surface area contributed by atoms with E-state index in [2.05, 4.69) is 113 Å². The quantitative estimate of drug-likeness (QED) is 0.259. The molecule has 5 aromatic carbocycles. The second-order valence-corrected chi connectivity index (χ2v) is 8.94. The Bertz CT molecular complexity index is 1920. The number of H-pyrrole nitrogens is 1. The van der Waals surface area contributed by atoms with Gasteiger partial charge in [-0.05, 0) is 68.8 Å². The van der Waals surface area contributed by atoms with Crippen molar-refractivity contribution in [2.75, 3.05) is 0 Å². The molecule has 3 heteroatoms. The monoisotopic (exact) mass is 433 g/mol. The molecule has 2 heterocycles. The van der Waals surface area contributed by atoms with Gasteiger partial charge in [0, 0.05) is 0 Å². The topological polar surface area (TPSA) is 33.1 Å². The molecular weight excluding hydrogens is 414 g/mol. The van der Waals surface area contributed by atoms with Crippen molar-refractivity contribution in [3.8, 4) is 44.5 Å². The van der Waals surface area contributed by atoms with Crippen LogP contribution in [-0.2, 0) is 0 Å². The second-order valence-electron chi connectivity index (χ2n) is 8.94. The van der Waals surface area contributed by atoms with Crippen LogP contribution in [0.5, 0.6) is 0 Å². The highest BCUT2D eigenvalue weighted by atomic mass is 15.1. The van der Waals surface area contributed by atoms with Gasteiger partial charge in [0.05, 0.1) is 22.1 Å². The maximum Gasteiger partial charge on any atom is 0.213 e. The van der Waals surface area contributed by atoms with Crippen LogP contribution >= 0.6 is 0 Å². The number of nitrogens with zero attached hydrogens (tertiary/aromatic N) is 2. The van der Waals surface area contributed by atoms with Crippen molar-refractivity contribution >= 4 is 27.8 Å². The first kappa shape index (κ1) is 17.9. The molecule has 0 amide bonds. The SMILES string of the molecule is c1ccc2c(c1)-c1ccccc1-c1cc3[nH]c4nc5ccccc5n4c3cc1-c1ccccc1-2. The van der Waals surface area contributed by atoms with Crippen molar-refractivity contribution in [3.63, 3.8) is 0 Å². The molecule has 0 atom stereocenters. The van der Waals surface area contributed by atoms with Crippen molar-refractivity contribution in [2.45, 2.75) is 0 Å². The summed E-state index contributed by atoms with van der Waals surface area (Å²) in [5.41, 5.74) is 14.4. The van der Waals surface area contributed by atoms with Gasteiger partial charge in [0.25, 0.3) is 0 Å². The Hall–Kier alpha value is -4.63.